The highest BCUT2D eigenvalue weighted by Crippen LogP contribution is 2.17. The van der Waals surface area contributed by atoms with Crippen molar-refractivity contribution in [3.8, 4) is 0 Å². The van der Waals surface area contributed by atoms with E-state index in [1.54, 1.807) is 0 Å². The molecular weight excluding hydrogens is 272 g/mol. The molecule has 124 valence electrons. The van der Waals surface area contributed by atoms with E-state index in [4.69, 9.17) is 9.47 Å². The van der Waals surface area contributed by atoms with Crippen molar-refractivity contribution in [3.05, 3.63) is 12.2 Å². The Morgan fingerprint density at radius 1 is 1.19 bits per heavy atom. The van der Waals surface area contributed by atoms with E-state index in [9.17, 15) is 15.3 Å². The third kappa shape index (κ3) is 7.38. The van der Waals surface area contributed by atoms with E-state index in [2.05, 4.69) is 19.1 Å². The van der Waals surface area contributed by atoms with Gasteiger partial charge in [0.2, 0.25) is 0 Å². The molecule has 0 aliphatic carbocycles. The lowest BCUT2D eigenvalue weighted by atomic mass is 10.1. The molecule has 1 rings (SSSR count). The smallest absolute Gasteiger partial charge is 0.114 e. The largest absolute Gasteiger partial charge is 0.388 e. The van der Waals surface area contributed by atoms with Crippen LogP contribution in [0.15, 0.2) is 12.2 Å². The SMILES string of the molecule is CCC/C=C/CCCCCOC[C@H](O)[C@@H]1OC[C@@H](O)[C@@H]1O. The van der Waals surface area contributed by atoms with Crippen molar-refractivity contribution in [2.24, 2.45) is 0 Å². The lowest BCUT2D eigenvalue weighted by Crippen LogP contribution is -2.40. The predicted octanol–water partition coefficient (Wildman–Crippen LogP) is 1.40. The van der Waals surface area contributed by atoms with Crippen LogP contribution >= 0.6 is 0 Å². The Labute approximate surface area is 127 Å². The van der Waals surface area contributed by atoms with Crippen LogP contribution < -0.4 is 0 Å². The molecule has 0 saturated carbocycles. The van der Waals surface area contributed by atoms with Gasteiger partial charge < -0.3 is 24.8 Å². The maximum Gasteiger partial charge on any atom is 0.114 e. The summed E-state index contributed by atoms with van der Waals surface area (Å²) >= 11 is 0. The third-order valence-corrected chi connectivity index (χ3v) is 3.64. The highest BCUT2D eigenvalue weighted by Gasteiger charge is 2.39. The van der Waals surface area contributed by atoms with E-state index < -0.39 is 24.4 Å². The summed E-state index contributed by atoms with van der Waals surface area (Å²) in [6, 6.07) is 0. The summed E-state index contributed by atoms with van der Waals surface area (Å²) < 4.78 is 10.5. The maximum absolute atomic E-state index is 9.83. The van der Waals surface area contributed by atoms with Crippen molar-refractivity contribution in [3.63, 3.8) is 0 Å². The van der Waals surface area contributed by atoms with Gasteiger partial charge in [0, 0.05) is 6.61 Å². The molecule has 0 aromatic rings. The molecule has 0 amide bonds. The first-order valence-electron chi connectivity index (χ1n) is 8.05. The predicted molar refractivity (Wildman–Crippen MR) is 81.1 cm³/mol. The molecule has 1 fully saturated rings. The summed E-state index contributed by atoms with van der Waals surface area (Å²) in [4.78, 5) is 0. The van der Waals surface area contributed by atoms with Crippen molar-refractivity contribution >= 4 is 0 Å². The second kappa shape index (κ2) is 11.2. The van der Waals surface area contributed by atoms with Gasteiger partial charge in [0.1, 0.15) is 24.4 Å². The summed E-state index contributed by atoms with van der Waals surface area (Å²) in [5, 5.41) is 28.8. The number of unbranched alkanes of at least 4 members (excludes halogenated alkanes) is 4. The molecule has 5 nitrogen and oxygen atoms in total. The van der Waals surface area contributed by atoms with Crippen molar-refractivity contribution in [2.45, 2.75) is 69.9 Å². The second-order valence-corrected chi connectivity index (χ2v) is 5.61. The first-order valence-corrected chi connectivity index (χ1v) is 8.05. The highest BCUT2D eigenvalue weighted by molar-refractivity contribution is 4.87. The zero-order valence-corrected chi connectivity index (χ0v) is 13.0. The number of allylic oxidation sites excluding steroid dienone is 2. The van der Waals surface area contributed by atoms with Gasteiger partial charge in [0.15, 0.2) is 0 Å². The van der Waals surface area contributed by atoms with Crippen LogP contribution in [0.3, 0.4) is 0 Å². The highest BCUT2D eigenvalue weighted by atomic mass is 16.5. The fourth-order valence-corrected chi connectivity index (χ4v) is 2.31. The molecule has 0 bridgehead atoms. The molecule has 1 heterocycles. The number of aliphatic hydroxyl groups excluding tert-OH is 3. The molecule has 0 radical (unpaired) electrons. The molecule has 3 N–H and O–H groups in total. The quantitative estimate of drug-likeness (QED) is 0.397. The van der Waals surface area contributed by atoms with Gasteiger partial charge in [-0.15, -0.1) is 0 Å². The van der Waals surface area contributed by atoms with Gasteiger partial charge in [-0.05, 0) is 25.7 Å². The average Bonchev–Trinajstić information content (AvgIpc) is 2.81. The van der Waals surface area contributed by atoms with Crippen LogP contribution in [0.2, 0.25) is 0 Å². The number of aliphatic hydroxyl groups is 3. The van der Waals surface area contributed by atoms with Gasteiger partial charge in [-0.1, -0.05) is 31.9 Å². The molecule has 0 aromatic heterocycles. The Bertz CT molecular complexity index is 282. The summed E-state index contributed by atoms with van der Waals surface area (Å²) in [5.74, 6) is 0. The van der Waals surface area contributed by atoms with E-state index in [0.29, 0.717) is 6.61 Å². The molecule has 4 atom stereocenters. The zero-order valence-electron chi connectivity index (χ0n) is 13.0. The number of ether oxygens (including phenoxy) is 2. The van der Waals surface area contributed by atoms with Crippen LogP contribution in [0.5, 0.6) is 0 Å². The van der Waals surface area contributed by atoms with E-state index in [0.717, 1.165) is 32.1 Å². The average molecular weight is 302 g/mol. The molecule has 1 aliphatic rings. The molecule has 0 aromatic carbocycles. The van der Waals surface area contributed by atoms with Crippen LogP contribution in [0.25, 0.3) is 0 Å². The van der Waals surface area contributed by atoms with Crippen LogP contribution in [0.4, 0.5) is 0 Å². The lowest BCUT2D eigenvalue weighted by Gasteiger charge is -2.20. The van der Waals surface area contributed by atoms with Crippen LogP contribution in [-0.2, 0) is 9.47 Å². The molecule has 0 unspecified atom stereocenters. The molecule has 0 spiro atoms. The Morgan fingerprint density at radius 3 is 2.62 bits per heavy atom. The Hall–Kier alpha value is -0.460. The molecule has 5 heteroatoms. The minimum absolute atomic E-state index is 0.0639. The number of rotatable bonds is 11. The second-order valence-electron chi connectivity index (χ2n) is 5.61. The van der Waals surface area contributed by atoms with Gasteiger partial charge in [-0.3, -0.25) is 0 Å². The minimum Gasteiger partial charge on any atom is -0.388 e. The van der Waals surface area contributed by atoms with E-state index in [1.807, 2.05) is 0 Å². The van der Waals surface area contributed by atoms with Gasteiger partial charge >= 0.3 is 0 Å². The first kappa shape index (κ1) is 18.6. The van der Waals surface area contributed by atoms with E-state index in [1.165, 1.54) is 6.42 Å². The first-order chi connectivity index (χ1) is 10.2. The molecule has 21 heavy (non-hydrogen) atoms. The van der Waals surface area contributed by atoms with Gasteiger partial charge in [-0.25, -0.2) is 0 Å². The van der Waals surface area contributed by atoms with Crippen LogP contribution in [-0.4, -0.2) is 59.6 Å². The van der Waals surface area contributed by atoms with Crippen molar-refractivity contribution in [1.82, 2.24) is 0 Å². The topological polar surface area (TPSA) is 79.2 Å². The van der Waals surface area contributed by atoms with Crippen molar-refractivity contribution in [1.29, 1.82) is 0 Å². The normalized spacial score (nSPS) is 27.5. The fraction of sp³-hybridized carbons (Fsp3) is 0.875. The van der Waals surface area contributed by atoms with E-state index in [-0.39, 0.29) is 13.2 Å². The van der Waals surface area contributed by atoms with Crippen LogP contribution in [0, 0.1) is 0 Å². The minimum atomic E-state index is -1.03. The molecule has 1 aliphatic heterocycles. The maximum atomic E-state index is 9.83. The molecular formula is C16H30O5. The number of hydrogen-bond donors (Lipinski definition) is 3. The van der Waals surface area contributed by atoms with E-state index >= 15 is 0 Å². The van der Waals surface area contributed by atoms with Gasteiger partial charge in [-0.2, -0.15) is 0 Å². The summed E-state index contributed by atoms with van der Waals surface area (Å²) in [6.45, 7) is 2.97. The summed E-state index contributed by atoms with van der Waals surface area (Å²) in [5.41, 5.74) is 0. The van der Waals surface area contributed by atoms with Gasteiger partial charge in [0.25, 0.3) is 0 Å². The Kier molecular flexibility index (Phi) is 9.87. The molecule has 1 saturated heterocycles. The monoisotopic (exact) mass is 302 g/mol. The fourth-order valence-electron chi connectivity index (χ4n) is 2.31. The third-order valence-electron chi connectivity index (χ3n) is 3.64. The Morgan fingerprint density at radius 2 is 1.95 bits per heavy atom. The van der Waals surface area contributed by atoms with Crippen molar-refractivity contribution < 1.29 is 24.8 Å². The Balaban J connectivity index is 1.94. The van der Waals surface area contributed by atoms with Crippen LogP contribution in [0.1, 0.15) is 45.4 Å². The zero-order chi connectivity index (χ0) is 15.5. The number of hydrogen-bond acceptors (Lipinski definition) is 5. The summed E-state index contributed by atoms with van der Waals surface area (Å²) in [6.07, 6.45) is 7.58. The summed E-state index contributed by atoms with van der Waals surface area (Å²) in [7, 11) is 0. The lowest BCUT2D eigenvalue weighted by molar-refractivity contribution is -0.0813. The standard InChI is InChI=1S/C16H30O5/c1-2-3-4-5-6-7-8-9-10-20-11-14(18)16-15(19)13(17)12-21-16/h4-5,13-19H,2-3,6-12H2,1H3/b5-4+/t13-,14+,15+,16+/m1/s1. The van der Waals surface area contributed by atoms with Gasteiger partial charge in [0.05, 0.1) is 13.2 Å². The van der Waals surface area contributed by atoms with Crippen molar-refractivity contribution in [2.75, 3.05) is 19.8 Å².